The maximum atomic E-state index is 12.8. The van der Waals surface area contributed by atoms with Gasteiger partial charge in [0.15, 0.2) is 0 Å². The Bertz CT molecular complexity index is 487. The summed E-state index contributed by atoms with van der Waals surface area (Å²) in [6, 6.07) is 10.2. The van der Waals surface area contributed by atoms with Crippen LogP contribution in [0.5, 0.6) is 0 Å². The summed E-state index contributed by atoms with van der Waals surface area (Å²) in [6.45, 7) is 3.34. The smallest absolute Gasteiger partial charge is 0.240 e. The first-order chi connectivity index (χ1) is 10.1. The van der Waals surface area contributed by atoms with E-state index in [2.05, 4.69) is 24.4 Å². The molecule has 4 nitrogen and oxygen atoms in total. The average Bonchev–Trinajstić information content (AvgIpc) is 3.26. The van der Waals surface area contributed by atoms with Crippen molar-refractivity contribution in [2.45, 2.75) is 50.9 Å². The minimum Gasteiger partial charge on any atom is -0.392 e. The number of hydrogen-bond donors (Lipinski definition) is 2. The lowest BCUT2D eigenvalue weighted by molar-refractivity contribution is -0.136. The Hall–Kier alpha value is -1.39. The highest BCUT2D eigenvalue weighted by Crippen LogP contribution is 2.36. The molecule has 2 aliphatic rings. The number of benzene rings is 1. The lowest BCUT2D eigenvalue weighted by atomic mass is 10.1. The van der Waals surface area contributed by atoms with E-state index < -0.39 is 6.10 Å². The van der Waals surface area contributed by atoms with Gasteiger partial charge in [-0.2, -0.15) is 0 Å². The van der Waals surface area contributed by atoms with E-state index in [0.29, 0.717) is 25.4 Å². The van der Waals surface area contributed by atoms with Crippen LogP contribution >= 0.6 is 0 Å². The van der Waals surface area contributed by atoms with E-state index in [1.807, 2.05) is 23.1 Å². The second kappa shape index (κ2) is 6.16. The van der Waals surface area contributed by atoms with Crippen LogP contribution in [0.15, 0.2) is 30.3 Å². The predicted octanol–water partition coefficient (Wildman–Crippen LogP) is 1.54. The third-order valence-corrected chi connectivity index (χ3v) is 4.68. The molecule has 4 heteroatoms. The quantitative estimate of drug-likeness (QED) is 0.864. The fourth-order valence-corrected chi connectivity index (χ4v) is 3.14. The predicted molar refractivity (Wildman–Crippen MR) is 81.6 cm³/mol. The Morgan fingerprint density at radius 2 is 2.10 bits per heavy atom. The topological polar surface area (TPSA) is 52.6 Å². The van der Waals surface area contributed by atoms with Crippen molar-refractivity contribution in [2.24, 2.45) is 5.92 Å². The van der Waals surface area contributed by atoms with Crippen molar-refractivity contribution in [3.8, 4) is 0 Å². The summed E-state index contributed by atoms with van der Waals surface area (Å²) in [6.07, 6.45) is 2.58. The molecule has 1 aliphatic heterocycles. The fraction of sp³-hybridized carbons (Fsp3) is 0.588. The minimum absolute atomic E-state index is 0.134. The van der Waals surface area contributed by atoms with Crippen LogP contribution in [0.3, 0.4) is 0 Å². The molecule has 0 bridgehead atoms. The highest BCUT2D eigenvalue weighted by molar-refractivity contribution is 5.82. The second-order valence-electron chi connectivity index (χ2n) is 6.38. The van der Waals surface area contributed by atoms with Gasteiger partial charge in [0.2, 0.25) is 5.91 Å². The number of aliphatic hydroxyl groups excluding tert-OH is 1. The Morgan fingerprint density at radius 3 is 2.67 bits per heavy atom. The molecule has 0 spiro atoms. The number of amides is 1. The third kappa shape index (κ3) is 3.44. The lowest BCUT2D eigenvalue weighted by Gasteiger charge is -2.32. The van der Waals surface area contributed by atoms with E-state index >= 15 is 0 Å². The highest BCUT2D eigenvalue weighted by Gasteiger charge is 2.38. The minimum atomic E-state index is -0.395. The Balaban J connectivity index is 1.73. The van der Waals surface area contributed by atoms with E-state index in [-0.39, 0.29) is 18.0 Å². The summed E-state index contributed by atoms with van der Waals surface area (Å²) in [4.78, 5) is 14.8. The number of aliphatic hydroxyl groups is 1. The van der Waals surface area contributed by atoms with Crippen LogP contribution in [-0.4, -0.2) is 40.6 Å². The van der Waals surface area contributed by atoms with Crippen molar-refractivity contribution in [3.63, 3.8) is 0 Å². The molecular formula is C17H24N2O2. The third-order valence-electron chi connectivity index (χ3n) is 4.68. The van der Waals surface area contributed by atoms with Gasteiger partial charge in [-0.25, -0.2) is 0 Å². The number of hydrogen-bond acceptors (Lipinski definition) is 3. The number of nitrogens with one attached hydrogen (secondary N) is 1. The van der Waals surface area contributed by atoms with Gasteiger partial charge >= 0.3 is 0 Å². The zero-order chi connectivity index (χ0) is 14.8. The monoisotopic (exact) mass is 288 g/mol. The molecule has 114 valence electrons. The Labute approximate surface area is 126 Å². The Morgan fingerprint density at radius 1 is 1.38 bits per heavy atom. The molecule has 2 fully saturated rings. The number of rotatable bonds is 5. The molecule has 3 atom stereocenters. The molecule has 3 rings (SSSR count). The summed E-state index contributed by atoms with van der Waals surface area (Å²) < 4.78 is 0. The lowest BCUT2D eigenvalue weighted by Crippen LogP contribution is -2.47. The van der Waals surface area contributed by atoms with Crippen LogP contribution in [-0.2, 0) is 11.3 Å². The molecule has 2 N–H and O–H groups in total. The summed E-state index contributed by atoms with van der Waals surface area (Å²) >= 11 is 0. The van der Waals surface area contributed by atoms with Crippen LogP contribution in [0.1, 0.15) is 31.7 Å². The van der Waals surface area contributed by atoms with Gasteiger partial charge in [0.25, 0.3) is 0 Å². The molecule has 1 aliphatic carbocycles. The van der Waals surface area contributed by atoms with Crippen molar-refractivity contribution in [2.75, 3.05) is 6.54 Å². The van der Waals surface area contributed by atoms with Crippen LogP contribution in [0.25, 0.3) is 0 Å². The van der Waals surface area contributed by atoms with E-state index in [1.54, 1.807) is 0 Å². The first-order valence-corrected chi connectivity index (χ1v) is 7.91. The molecule has 1 saturated carbocycles. The summed E-state index contributed by atoms with van der Waals surface area (Å²) in [5.74, 6) is 0.777. The van der Waals surface area contributed by atoms with Gasteiger partial charge in [-0.05, 0) is 37.7 Å². The first-order valence-electron chi connectivity index (χ1n) is 7.91. The summed E-state index contributed by atoms with van der Waals surface area (Å²) in [7, 11) is 0. The van der Waals surface area contributed by atoms with E-state index in [0.717, 1.165) is 5.56 Å². The molecule has 1 amide bonds. The van der Waals surface area contributed by atoms with Gasteiger partial charge in [0.05, 0.1) is 12.1 Å². The number of β-amino-alcohol motifs (C(OH)–C–C–N with tert-alkyl or cyclic N) is 1. The van der Waals surface area contributed by atoms with Crippen LogP contribution in [0.2, 0.25) is 0 Å². The van der Waals surface area contributed by atoms with E-state index in [1.165, 1.54) is 12.8 Å². The fourth-order valence-electron chi connectivity index (χ4n) is 3.14. The maximum absolute atomic E-state index is 12.8. The summed E-state index contributed by atoms with van der Waals surface area (Å²) in [5.41, 5.74) is 1.16. The van der Waals surface area contributed by atoms with Crippen molar-refractivity contribution >= 4 is 5.91 Å². The second-order valence-corrected chi connectivity index (χ2v) is 6.38. The van der Waals surface area contributed by atoms with Gasteiger partial charge in [-0.3, -0.25) is 4.79 Å². The molecular weight excluding hydrogens is 264 g/mol. The van der Waals surface area contributed by atoms with Crippen molar-refractivity contribution in [1.29, 1.82) is 0 Å². The van der Waals surface area contributed by atoms with Crippen molar-refractivity contribution in [1.82, 2.24) is 10.2 Å². The molecule has 0 aromatic heterocycles. The van der Waals surface area contributed by atoms with E-state index in [9.17, 15) is 9.90 Å². The highest BCUT2D eigenvalue weighted by atomic mass is 16.3. The van der Waals surface area contributed by atoms with Crippen molar-refractivity contribution in [3.05, 3.63) is 35.9 Å². The normalized spacial score (nSPS) is 26.6. The largest absolute Gasteiger partial charge is 0.392 e. The zero-order valence-corrected chi connectivity index (χ0v) is 12.5. The van der Waals surface area contributed by atoms with Gasteiger partial charge in [0.1, 0.15) is 0 Å². The summed E-state index contributed by atoms with van der Waals surface area (Å²) in [5, 5.41) is 12.8. The number of carbonyl (C=O) groups is 1. The van der Waals surface area contributed by atoms with Crippen molar-refractivity contribution < 1.29 is 9.90 Å². The molecule has 0 radical (unpaired) electrons. The average molecular weight is 288 g/mol. The van der Waals surface area contributed by atoms with Crippen LogP contribution < -0.4 is 5.32 Å². The maximum Gasteiger partial charge on any atom is 0.240 e. The van der Waals surface area contributed by atoms with Gasteiger partial charge in [-0.15, -0.1) is 0 Å². The van der Waals surface area contributed by atoms with Crippen LogP contribution in [0, 0.1) is 5.92 Å². The standard InChI is InChI=1S/C17H24N2O2/c1-12(14-7-8-14)19(11-13-5-3-2-4-6-13)17(21)16-9-15(20)10-18-16/h2-6,12,14-16,18,20H,7-11H2,1H3. The molecule has 1 saturated heterocycles. The van der Waals surface area contributed by atoms with Gasteiger partial charge < -0.3 is 15.3 Å². The molecule has 21 heavy (non-hydrogen) atoms. The molecule has 3 unspecified atom stereocenters. The Kier molecular flexibility index (Phi) is 4.27. The molecule has 1 heterocycles. The van der Waals surface area contributed by atoms with Gasteiger partial charge in [0, 0.05) is 19.1 Å². The SMILES string of the molecule is CC(C1CC1)N(Cc1ccccc1)C(=O)C1CC(O)CN1. The zero-order valence-electron chi connectivity index (χ0n) is 12.5. The number of carbonyl (C=O) groups excluding carboxylic acids is 1. The van der Waals surface area contributed by atoms with Gasteiger partial charge in [-0.1, -0.05) is 30.3 Å². The van der Waals surface area contributed by atoms with E-state index in [4.69, 9.17) is 0 Å². The molecule has 1 aromatic carbocycles. The first kappa shape index (κ1) is 14.5. The van der Waals surface area contributed by atoms with Crippen LogP contribution in [0.4, 0.5) is 0 Å². The molecule has 1 aromatic rings. The number of nitrogens with zero attached hydrogens (tertiary/aromatic N) is 1.